The van der Waals surface area contributed by atoms with Gasteiger partial charge in [-0.15, -0.1) is 0 Å². The summed E-state index contributed by atoms with van der Waals surface area (Å²) in [6.07, 6.45) is 8.88. The van der Waals surface area contributed by atoms with Crippen LogP contribution in [0.15, 0.2) is 48.1 Å². The van der Waals surface area contributed by atoms with Crippen LogP contribution in [0.2, 0.25) is 10.0 Å². The number of ether oxygens (including phenoxy) is 4. The van der Waals surface area contributed by atoms with E-state index in [1.165, 1.54) is 0 Å². The van der Waals surface area contributed by atoms with Crippen LogP contribution >= 0.6 is 23.2 Å². The van der Waals surface area contributed by atoms with Crippen LogP contribution in [0.25, 0.3) is 6.08 Å². The summed E-state index contributed by atoms with van der Waals surface area (Å²) in [6, 6.07) is 5.34. The third-order valence-corrected chi connectivity index (χ3v) is 4.63. The SMILES string of the molecule is COC1(OC)C=CC(OC)(OC)C(/C=C/c2c(Cl)cccc2Cl)=C1. The minimum Gasteiger partial charge on any atom is -0.346 e. The fourth-order valence-electron chi connectivity index (χ4n) is 2.49. The lowest BCUT2D eigenvalue weighted by Crippen LogP contribution is -2.41. The second-order valence-electron chi connectivity index (χ2n) is 5.11. The molecule has 0 fully saturated rings. The minimum atomic E-state index is -1.05. The molecule has 0 N–H and O–H groups in total. The first-order valence-corrected chi connectivity index (χ1v) is 7.98. The minimum absolute atomic E-state index is 0.552. The van der Waals surface area contributed by atoms with Crippen molar-refractivity contribution in [3.05, 3.63) is 63.7 Å². The molecule has 0 saturated carbocycles. The maximum absolute atomic E-state index is 6.22. The standard InChI is InChI=1S/C18H20Cl2O4/c1-21-17(22-2)10-11-18(23-3,24-4)13(12-17)8-9-14-15(19)6-5-7-16(14)20/h5-12H,1-4H3/b9-8+. The highest BCUT2D eigenvalue weighted by Crippen LogP contribution is 2.36. The molecule has 0 unspecified atom stereocenters. The smallest absolute Gasteiger partial charge is 0.214 e. The van der Waals surface area contributed by atoms with Crippen LogP contribution in [0, 0.1) is 0 Å². The average Bonchev–Trinajstić information content (AvgIpc) is 2.61. The number of methoxy groups -OCH3 is 4. The van der Waals surface area contributed by atoms with Gasteiger partial charge in [-0.25, -0.2) is 0 Å². The van der Waals surface area contributed by atoms with Gasteiger partial charge in [0.15, 0.2) is 0 Å². The molecule has 6 heteroatoms. The van der Waals surface area contributed by atoms with Gasteiger partial charge in [0, 0.05) is 49.6 Å². The molecular weight excluding hydrogens is 351 g/mol. The van der Waals surface area contributed by atoms with Gasteiger partial charge < -0.3 is 18.9 Å². The molecular formula is C18H20Cl2O4. The zero-order chi connectivity index (χ0) is 17.8. The Morgan fingerprint density at radius 1 is 0.833 bits per heavy atom. The van der Waals surface area contributed by atoms with Crippen LogP contribution in [-0.4, -0.2) is 40.0 Å². The van der Waals surface area contributed by atoms with Crippen molar-refractivity contribution in [3.8, 4) is 0 Å². The molecule has 4 nitrogen and oxygen atoms in total. The van der Waals surface area contributed by atoms with Crippen molar-refractivity contribution in [2.45, 2.75) is 11.6 Å². The fourth-order valence-corrected chi connectivity index (χ4v) is 3.01. The first kappa shape index (κ1) is 19.2. The Kier molecular flexibility index (Phi) is 6.26. The highest BCUT2D eigenvalue weighted by molar-refractivity contribution is 6.37. The van der Waals surface area contributed by atoms with E-state index in [1.807, 2.05) is 6.08 Å². The van der Waals surface area contributed by atoms with E-state index in [2.05, 4.69) is 0 Å². The first-order valence-electron chi connectivity index (χ1n) is 7.22. The quantitative estimate of drug-likeness (QED) is 0.546. The van der Waals surface area contributed by atoms with E-state index in [-0.39, 0.29) is 0 Å². The Morgan fingerprint density at radius 2 is 1.42 bits per heavy atom. The molecule has 0 spiro atoms. The van der Waals surface area contributed by atoms with Gasteiger partial charge in [-0.05, 0) is 30.4 Å². The normalized spacial score (nSPS) is 18.8. The molecule has 0 aliphatic heterocycles. The van der Waals surface area contributed by atoms with Gasteiger partial charge >= 0.3 is 0 Å². The van der Waals surface area contributed by atoms with E-state index in [0.717, 1.165) is 0 Å². The van der Waals surface area contributed by atoms with E-state index in [9.17, 15) is 0 Å². The number of halogens is 2. The number of hydrogen-bond donors (Lipinski definition) is 0. The lowest BCUT2D eigenvalue weighted by atomic mass is 9.94. The van der Waals surface area contributed by atoms with Crippen LogP contribution in [0.4, 0.5) is 0 Å². The molecule has 130 valence electrons. The van der Waals surface area contributed by atoms with Crippen molar-refractivity contribution in [3.63, 3.8) is 0 Å². The Bertz CT molecular complexity index is 651. The largest absolute Gasteiger partial charge is 0.346 e. The lowest BCUT2D eigenvalue weighted by Gasteiger charge is -2.37. The second-order valence-corrected chi connectivity index (χ2v) is 5.92. The predicted molar refractivity (Wildman–Crippen MR) is 96.2 cm³/mol. The number of hydrogen-bond acceptors (Lipinski definition) is 4. The zero-order valence-corrected chi connectivity index (χ0v) is 15.5. The Morgan fingerprint density at radius 3 is 1.92 bits per heavy atom. The van der Waals surface area contributed by atoms with Gasteiger partial charge in [-0.1, -0.05) is 41.4 Å². The third-order valence-electron chi connectivity index (χ3n) is 3.97. The third kappa shape index (κ3) is 3.59. The fraction of sp³-hybridized carbons (Fsp3) is 0.333. The topological polar surface area (TPSA) is 36.9 Å². The molecule has 0 amide bonds. The van der Waals surface area contributed by atoms with Gasteiger partial charge in [0.25, 0.3) is 0 Å². The van der Waals surface area contributed by atoms with Crippen molar-refractivity contribution in [2.75, 3.05) is 28.4 Å². The zero-order valence-electron chi connectivity index (χ0n) is 14.0. The summed E-state index contributed by atoms with van der Waals surface area (Å²) in [6.45, 7) is 0. The van der Waals surface area contributed by atoms with Crippen molar-refractivity contribution in [1.82, 2.24) is 0 Å². The molecule has 0 radical (unpaired) electrons. The Balaban J connectivity index is 2.49. The molecule has 1 aliphatic rings. The van der Waals surface area contributed by atoms with Crippen molar-refractivity contribution < 1.29 is 18.9 Å². The summed E-state index contributed by atoms with van der Waals surface area (Å²) >= 11 is 12.4. The average molecular weight is 371 g/mol. The first-order chi connectivity index (χ1) is 11.5. The highest BCUT2D eigenvalue weighted by Gasteiger charge is 2.39. The second kappa shape index (κ2) is 7.83. The molecule has 0 atom stereocenters. The van der Waals surface area contributed by atoms with E-state index in [4.69, 9.17) is 42.1 Å². The molecule has 0 aromatic heterocycles. The molecule has 0 saturated heterocycles. The number of benzene rings is 1. The van der Waals surface area contributed by atoms with Gasteiger partial charge in [-0.2, -0.15) is 0 Å². The van der Waals surface area contributed by atoms with Crippen LogP contribution in [0.5, 0.6) is 0 Å². The van der Waals surface area contributed by atoms with E-state index in [1.54, 1.807) is 70.9 Å². The van der Waals surface area contributed by atoms with E-state index in [0.29, 0.717) is 21.2 Å². The van der Waals surface area contributed by atoms with Crippen LogP contribution in [-0.2, 0) is 18.9 Å². The Labute approximate surface area is 152 Å². The summed E-state index contributed by atoms with van der Waals surface area (Å²) in [5.74, 6) is -2.05. The molecule has 2 rings (SSSR count). The van der Waals surface area contributed by atoms with Crippen molar-refractivity contribution in [2.24, 2.45) is 0 Å². The van der Waals surface area contributed by atoms with Crippen molar-refractivity contribution in [1.29, 1.82) is 0 Å². The number of rotatable bonds is 6. The summed E-state index contributed by atoms with van der Waals surface area (Å²) < 4.78 is 22.0. The maximum Gasteiger partial charge on any atom is 0.214 e. The van der Waals surface area contributed by atoms with Crippen LogP contribution in [0.1, 0.15) is 5.56 Å². The van der Waals surface area contributed by atoms with Crippen LogP contribution in [0.3, 0.4) is 0 Å². The van der Waals surface area contributed by atoms with Gasteiger partial charge in [0.05, 0.1) is 0 Å². The molecule has 0 bridgehead atoms. The van der Waals surface area contributed by atoms with E-state index < -0.39 is 11.6 Å². The van der Waals surface area contributed by atoms with Gasteiger partial charge in [-0.3, -0.25) is 0 Å². The predicted octanol–water partition coefficient (Wildman–Crippen LogP) is 4.48. The highest BCUT2D eigenvalue weighted by atomic mass is 35.5. The molecule has 1 aromatic rings. The summed E-state index contributed by atoms with van der Waals surface area (Å²) in [5, 5.41) is 1.10. The van der Waals surface area contributed by atoms with Crippen molar-refractivity contribution >= 4 is 29.3 Å². The van der Waals surface area contributed by atoms with Gasteiger partial charge in [0.1, 0.15) is 0 Å². The summed E-state index contributed by atoms with van der Waals surface area (Å²) in [5.41, 5.74) is 1.40. The monoisotopic (exact) mass is 370 g/mol. The van der Waals surface area contributed by atoms with Crippen LogP contribution < -0.4 is 0 Å². The lowest BCUT2D eigenvalue weighted by molar-refractivity contribution is -0.164. The maximum atomic E-state index is 6.22. The summed E-state index contributed by atoms with van der Waals surface area (Å²) in [4.78, 5) is 0. The Hall–Kier alpha value is -1.14. The molecule has 1 aliphatic carbocycles. The van der Waals surface area contributed by atoms with Gasteiger partial charge in [0.2, 0.25) is 11.6 Å². The molecule has 1 aromatic carbocycles. The molecule has 0 heterocycles. The van der Waals surface area contributed by atoms with E-state index >= 15 is 0 Å². The summed E-state index contributed by atoms with van der Waals surface area (Å²) in [7, 11) is 6.24. The molecule has 24 heavy (non-hydrogen) atoms.